The Hall–Kier alpha value is -1.36. The molecule has 1 amide bonds. The second-order valence-corrected chi connectivity index (χ2v) is 7.12. The third kappa shape index (κ3) is 3.39. The van der Waals surface area contributed by atoms with Gasteiger partial charge in [0.15, 0.2) is 0 Å². The average molecular weight is 293 g/mol. The number of hydrogen-bond acceptors (Lipinski definition) is 3. The van der Waals surface area contributed by atoms with Crippen LogP contribution in [-0.2, 0) is 10.8 Å². The van der Waals surface area contributed by atoms with Crippen molar-refractivity contribution in [2.75, 3.05) is 31.2 Å². The van der Waals surface area contributed by atoms with Gasteiger partial charge in [0.2, 0.25) is 0 Å². The predicted octanol–water partition coefficient (Wildman–Crippen LogP) is 1.68. The summed E-state index contributed by atoms with van der Waals surface area (Å²) in [7, 11) is -0.753. The average Bonchev–Trinajstić information content (AvgIpc) is 3.30. The number of carbonyl (C=O) groups excluding carboxylic acids is 1. The largest absolute Gasteiger partial charge is 0.493 e. The van der Waals surface area contributed by atoms with E-state index in [0.29, 0.717) is 30.2 Å². The van der Waals surface area contributed by atoms with E-state index in [2.05, 4.69) is 0 Å². The van der Waals surface area contributed by atoms with Crippen LogP contribution in [0, 0.1) is 5.92 Å². The Bertz CT molecular complexity index is 500. The molecule has 2 aliphatic rings. The second kappa shape index (κ2) is 5.95. The zero-order valence-corrected chi connectivity index (χ0v) is 12.2. The Morgan fingerprint density at radius 1 is 1.20 bits per heavy atom. The fourth-order valence-corrected chi connectivity index (χ4v) is 3.27. The van der Waals surface area contributed by atoms with Crippen LogP contribution in [0.5, 0.6) is 5.75 Å². The minimum Gasteiger partial charge on any atom is -0.493 e. The molecule has 0 N–H and O–H groups in total. The van der Waals surface area contributed by atoms with Gasteiger partial charge in [-0.2, -0.15) is 0 Å². The van der Waals surface area contributed by atoms with E-state index < -0.39 is 10.8 Å². The summed E-state index contributed by atoms with van der Waals surface area (Å²) < 4.78 is 17.0. The molecule has 0 aromatic heterocycles. The maximum atomic E-state index is 12.3. The van der Waals surface area contributed by atoms with Gasteiger partial charge >= 0.3 is 0 Å². The number of rotatable bonds is 4. The smallest absolute Gasteiger partial charge is 0.253 e. The van der Waals surface area contributed by atoms with Crippen LogP contribution in [0.2, 0.25) is 0 Å². The van der Waals surface area contributed by atoms with Crippen molar-refractivity contribution in [3.8, 4) is 5.75 Å². The van der Waals surface area contributed by atoms with Crippen LogP contribution in [0.4, 0.5) is 0 Å². The molecule has 20 heavy (non-hydrogen) atoms. The summed E-state index contributed by atoms with van der Waals surface area (Å²) in [6.45, 7) is 1.96. The summed E-state index contributed by atoms with van der Waals surface area (Å²) in [5, 5.41) is 0. The van der Waals surface area contributed by atoms with Gasteiger partial charge in [0.1, 0.15) is 5.75 Å². The molecule has 1 aromatic carbocycles. The van der Waals surface area contributed by atoms with E-state index in [1.807, 2.05) is 24.3 Å². The molecular weight excluding hydrogens is 274 g/mol. The summed E-state index contributed by atoms with van der Waals surface area (Å²) in [5.74, 6) is 2.76. The summed E-state index contributed by atoms with van der Waals surface area (Å²) in [5.41, 5.74) is 0.677. The highest BCUT2D eigenvalue weighted by Crippen LogP contribution is 2.29. The van der Waals surface area contributed by atoms with E-state index in [-0.39, 0.29) is 5.91 Å². The summed E-state index contributed by atoms with van der Waals surface area (Å²) in [6.07, 6.45) is 2.54. The number of amides is 1. The maximum Gasteiger partial charge on any atom is 0.253 e. The van der Waals surface area contributed by atoms with Crippen LogP contribution in [0.15, 0.2) is 24.3 Å². The van der Waals surface area contributed by atoms with Gasteiger partial charge in [-0.25, -0.2) is 0 Å². The summed E-state index contributed by atoms with van der Waals surface area (Å²) in [6, 6.07) is 7.35. The number of benzene rings is 1. The van der Waals surface area contributed by atoms with Crippen molar-refractivity contribution in [1.29, 1.82) is 0 Å². The molecule has 0 radical (unpaired) electrons. The van der Waals surface area contributed by atoms with Crippen molar-refractivity contribution >= 4 is 16.7 Å². The molecule has 1 heterocycles. The third-order valence-electron chi connectivity index (χ3n) is 3.75. The monoisotopic (exact) mass is 293 g/mol. The summed E-state index contributed by atoms with van der Waals surface area (Å²) >= 11 is 0. The van der Waals surface area contributed by atoms with Crippen molar-refractivity contribution in [3.63, 3.8) is 0 Å². The molecule has 1 aliphatic heterocycles. The lowest BCUT2D eigenvalue weighted by Gasteiger charge is -2.26. The summed E-state index contributed by atoms with van der Waals surface area (Å²) in [4.78, 5) is 14.1. The van der Waals surface area contributed by atoms with Gasteiger partial charge in [-0.15, -0.1) is 0 Å². The van der Waals surface area contributed by atoms with Gasteiger partial charge in [0, 0.05) is 41.0 Å². The van der Waals surface area contributed by atoms with Crippen LogP contribution in [0.3, 0.4) is 0 Å². The quantitative estimate of drug-likeness (QED) is 0.848. The van der Waals surface area contributed by atoms with Gasteiger partial charge in [-0.1, -0.05) is 0 Å². The first-order valence-electron chi connectivity index (χ1n) is 7.09. The minimum absolute atomic E-state index is 0.0236. The fourth-order valence-electron chi connectivity index (χ4n) is 2.22. The SMILES string of the molecule is O=C(c1ccc(OCC2CC2)cc1)N1CCS(=O)CC1. The molecule has 108 valence electrons. The van der Waals surface area contributed by atoms with E-state index in [4.69, 9.17) is 4.74 Å². The highest BCUT2D eigenvalue weighted by Gasteiger charge is 2.23. The molecule has 3 rings (SSSR count). The zero-order valence-electron chi connectivity index (χ0n) is 11.4. The van der Waals surface area contributed by atoms with Crippen molar-refractivity contribution in [3.05, 3.63) is 29.8 Å². The van der Waals surface area contributed by atoms with Crippen LogP contribution in [0.1, 0.15) is 23.2 Å². The van der Waals surface area contributed by atoms with Gasteiger partial charge < -0.3 is 9.64 Å². The molecular formula is C15H19NO3S. The van der Waals surface area contributed by atoms with Crippen molar-refractivity contribution in [2.24, 2.45) is 5.92 Å². The number of nitrogens with zero attached hydrogens (tertiary/aromatic N) is 1. The number of hydrogen-bond donors (Lipinski definition) is 0. The second-order valence-electron chi connectivity index (χ2n) is 5.42. The van der Waals surface area contributed by atoms with Gasteiger partial charge in [-0.3, -0.25) is 9.00 Å². The van der Waals surface area contributed by atoms with Gasteiger partial charge in [-0.05, 0) is 43.0 Å². The standard InChI is InChI=1S/C15H19NO3S/c17-15(16-7-9-20(18)10-8-16)13-3-5-14(6-4-13)19-11-12-1-2-12/h3-6,12H,1-2,7-11H2. The molecule has 1 saturated heterocycles. The van der Waals surface area contributed by atoms with E-state index in [9.17, 15) is 9.00 Å². The Morgan fingerprint density at radius 3 is 2.45 bits per heavy atom. The molecule has 0 atom stereocenters. The molecule has 0 spiro atoms. The maximum absolute atomic E-state index is 12.3. The van der Waals surface area contributed by atoms with Crippen LogP contribution in [-0.4, -0.2) is 46.2 Å². The van der Waals surface area contributed by atoms with Crippen molar-refractivity contribution in [1.82, 2.24) is 4.90 Å². The van der Waals surface area contributed by atoms with Crippen molar-refractivity contribution in [2.45, 2.75) is 12.8 Å². The Balaban J connectivity index is 1.58. The lowest BCUT2D eigenvalue weighted by molar-refractivity contribution is 0.0771. The van der Waals surface area contributed by atoms with Gasteiger partial charge in [0.05, 0.1) is 6.61 Å². The van der Waals surface area contributed by atoms with E-state index in [1.54, 1.807) is 4.90 Å². The minimum atomic E-state index is -0.753. The Morgan fingerprint density at radius 2 is 1.85 bits per heavy atom. The first-order valence-corrected chi connectivity index (χ1v) is 8.58. The molecule has 0 unspecified atom stereocenters. The molecule has 1 aromatic rings. The Labute approximate surface area is 121 Å². The number of carbonyl (C=O) groups is 1. The van der Waals surface area contributed by atoms with Crippen LogP contribution < -0.4 is 4.74 Å². The first-order chi connectivity index (χ1) is 9.72. The predicted molar refractivity (Wildman–Crippen MR) is 78.4 cm³/mol. The molecule has 5 heteroatoms. The van der Waals surface area contributed by atoms with Crippen molar-refractivity contribution < 1.29 is 13.7 Å². The fraction of sp³-hybridized carbons (Fsp3) is 0.533. The first kappa shape index (κ1) is 13.6. The number of ether oxygens (including phenoxy) is 1. The normalized spacial score (nSPS) is 19.9. The molecule has 4 nitrogen and oxygen atoms in total. The molecule has 0 bridgehead atoms. The third-order valence-corrected chi connectivity index (χ3v) is 5.02. The molecule has 1 aliphatic carbocycles. The van der Waals surface area contributed by atoms with E-state index in [1.165, 1.54) is 12.8 Å². The highest BCUT2D eigenvalue weighted by atomic mass is 32.2. The zero-order chi connectivity index (χ0) is 13.9. The van der Waals surface area contributed by atoms with E-state index >= 15 is 0 Å². The molecule has 2 fully saturated rings. The van der Waals surface area contributed by atoms with Crippen LogP contribution >= 0.6 is 0 Å². The Kier molecular flexibility index (Phi) is 4.05. The topological polar surface area (TPSA) is 46.6 Å². The lowest BCUT2D eigenvalue weighted by Crippen LogP contribution is -2.41. The molecule has 1 saturated carbocycles. The van der Waals surface area contributed by atoms with Crippen LogP contribution in [0.25, 0.3) is 0 Å². The van der Waals surface area contributed by atoms with Gasteiger partial charge in [0.25, 0.3) is 5.91 Å². The highest BCUT2D eigenvalue weighted by molar-refractivity contribution is 7.85. The lowest BCUT2D eigenvalue weighted by atomic mass is 10.2. The van der Waals surface area contributed by atoms with E-state index in [0.717, 1.165) is 18.3 Å².